The summed E-state index contributed by atoms with van der Waals surface area (Å²) in [6.45, 7) is 2.03. The molecule has 0 aliphatic heterocycles. The van der Waals surface area contributed by atoms with E-state index in [1.54, 1.807) is 0 Å². The molecule has 100 valence electrons. The van der Waals surface area contributed by atoms with Gasteiger partial charge in [-0.05, 0) is 43.0 Å². The second-order valence-electron chi connectivity index (χ2n) is 4.84. The molecule has 0 aliphatic carbocycles. The first-order valence-corrected chi connectivity index (χ1v) is 6.32. The summed E-state index contributed by atoms with van der Waals surface area (Å²) in [6, 6.07) is 11.3. The van der Waals surface area contributed by atoms with Gasteiger partial charge in [-0.1, -0.05) is 29.8 Å². The second-order valence-corrected chi connectivity index (χ2v) is 4.84. The highest BCUT2D eigenvalue weighted by atomic mass is 19.1. The molecule has 2 rings (SSSR count). The predicted molar refractivity (Wildman–Crippen MR) is 72.8 cm³/mol. The number of rotatable bonds is 4. The summed E-state index contributed by atoms with van der Waals surface area (Å²) in [5.41, 5.74) is 8.87. The standard InChI is InChI=1S/C16H17F2N/c1-11-3-2-4-12(7-11)5-6-16(19)13-8-14(17)10-15(18)9-13/h2-4,7-10,16H,5-6,19H2,1H3. The first-order chi connectivity index (χ1) is 9.04. The molecule has 1 nitrogen and oxygen atoms in total. The first-order valence-electron chi connectivity index (χ1n) is 6.32. The number of hydrogen-bond acceptors (Lipinski definition) is 1. The Morgan fingerprint density at radius 2 is 1.74 bits per heavy atom. The lowest BCUT2D eigenvalue weighted by atomic mass is 9.99. The van der Waals surface area contributed by atoms with Crippen molar-refractivity contribution in [2.45, 2.75) is 25.8 Å². The molecular weight excluding hydrogens is 244 g/mol. The molecule has 0 saturated heterocycles. The molecule has 0 amide bonds. The zero-order valence-electron chi connectivity index (χ0n) is 10.9. The SMILES string of the molecule is Cc1cccc(CCC(N)c2cc(F)cc(F)c2)c1. The minimum absolute atomic E-state index is 0.356. The van der Waals surface area contributed by atoms with Crippen molar-refractivity contribution in [2.75, 3.05) is 0 Å². The molecule has 0 heterocycles. The molecule has 0 bridgehead atoms. The number of halogens is 2. The molecule has 2 N–H and O–H groups in total. The van der Waals surface area contributed by atoms with Gasteiger partial charge in [0.25, 0.3) is 0 Å². The predicted octanol–water partition coefficient (Wildman–Crippen LogP) is 3.91. The molecular formula is C16H17F2N. The van der Waals surface area contributed by atoms with Gasteiger partial charge in [-0.15, -0.1) is 0 Å². The van der Waals surface area contributed by atoms with Crippen molar-refractivity contribution < 1.29 is 8.78 Å². The Morgan fingerprint density at radius 3 is 2.37 bits per heavy atom. The van der Waals surface area contributed by atoms with Crippen LogP contribution in [0.25, 0.3) is 0 Å². The van der Waals surface area contributed by atoms with Gasteiger partial charge >= 0.3 is 0 Å². The molecule has 0 fully saturated rings. The van der Waals surface area contributed by atoms with Crippen molar-refractivity contribution in [3.05, 3.63) is 70.8 Å². The van der Waals surface area contributed by atoms with E-state index < -0.39 is 11.6 Å². The van der Waals surface area contributed by atoms with Crippen molar-refractivity contribution in [3.8, 4) is 0 Å². The van der Waals surface area contributed by atoms with Crippen LogP contribution in [0.15, 0.2) is 42.5 Å². The van der Waals surface area contributed by atoms with Crippen molar-refractivity contribution in [3.63, 3.8) is 0 Å². The zero-order chi connectivity index (χ0) is 13.8. The van der Waals surface area contributed by atoms with Gasteiger partial charge in [-0.3, -0.25) is 0 Å². The van der Waals surface area contributed by atoms with Gasteiger partial charge in [0.15, 0.2) is 0 Å². The smallest absolute Gasteiger partial charge is 0.126 e. The average Bonchev–Trinajstić information content (AvgIpc) is 2.35. The van der Waals surface area contributed by atoms with Gasteiger partial charge in [0.1, 0.15) is 11.6 Å². The van der Waals surface area contributed by atoms with E-state index in [0.29, 0.717) is 12.0 Å². The van der Waals surface area contributed by atoms with Crippen LogP contribution in [0, 0.1) is 18.6 Å². The van der Waals surface area contributed by atoms with Crippen LogP contribution in [0.3, 0.4) is 0 Å². The van der Waals surface area contributed by atoms with Gasteiger partial charge in [0.2, 0.25) is 0 Å². The van der Waals surface area contributed by atoms with Gasteiger partial charge < -0.3 is 5.73 Å². The Balaban J connectivity index is 2.03. The maximum Gasteiger partial charge on any atom is 0.126 e. The van der Waals surface area contributed by atoms with E-state index >= 15 is 0 Å². The van der Waals surface area contributed by atoms with E-state index in [0.717, 1.165) is 12.5 Å². The fourth-order valence-corrected chi connectivity index (χ4v) is 2.15. The van der Waals surface area contributed by atoms with E-state index in [9.17, 15) is 8.78 Å². The summed E-state index contributed by atoms with van der Waals surface area (Å²) in [5, 5.41) is 0. The normalized spacial score (nSPS) is 12.4. The Labute approximate surface area is 112 Å². The van der Waals surface area contributed by atoms with E-state index in [2.05, 4.69) is 6.07 Å². The third-order valence-electron chi connectivity index (χ3n) is 3.14. The molecule has 0 spiro atoms. The highest BCUT2D eigenvalue weighted by Crippen LogP contribution is 2.19. The highest BCUT2D eigenvalue weighted by Gasteiger charge is 2.09. The first kappa shape index (κ1) is 13.7. The topological polar surface area (TPSA) is 26.0 Å². The number of hydrogen-bond donors (Lipinski definition) is 1. The van der Waals surface area contributed by atoms with E-state index in [4.69, 9.17) is 5.73 Å². The minimum Gasteiger partial charge on any atom is -0.324 e. The summed E-state index contributed by atoms with van der Waals surface area (Å²) in [5.74, 6) is -1.16. The zero-order valence-corrected chi connectivity index (χ0v) is 10.9. The fraction of sp³-hybridized carbons (Fsp3) is 0.250. The van der Waals surface area contributed by atoms with Gasteiger partial charge in [-0.2, -0.15) is 0 Å². The van der Waals surface area contributed by atoms with Crippen LogP contribution in [0.1, 0.15) is 29.2 Å². The average molecular weight is 261 g/mol. The van der Waals surface area contributed by atoms with E-state index in [1.807, 2.05) is 25.1 Å². The van der Waals surface area contributed by atoms with Crippen molar-refractivity contribution in [1.82, 2.24) is 0 Å². The molecule has 1 unspecified atom stereocenters. The van der Waals surface area contributed by atoms with Crippen LogP contribution in [0.4, 0.5) is 8.78 Å². The van der Waals surface area contributed by atoms with E-state index in [1.165, 1.54) is 23.3 Å². The third-order valence-corrected chi connectivity index (χ3v) is 3.14. The number of benzene rings is 2. The molecule has 0 radical (unpaired) electrons. The number of nitrogens with two attached hydrogens (primary N) is 1. The summed E-state index contributed by atoms with van der Waals surface area (Å²) < 4.78 is 26.2. The van der Waals surface area contributed by atoms with Crippen LogP contribution in [-0.4, -0.2) is 0 Å². The van der Waals surface area contributed by atoms with Crippen molar-refractivity contribution in [2.24, 2.45) is 5.73 Å². The lowest BCUT2D eigenvalue weighted by Crippen LogP contribution is -2.12. The van der Waals surface area contributed by atoms with Crippen LogP contribution in [0.5, 0.6) is 0 Å². The molecule has 3 heteroatoms. The number of aryl methyl sites for hydroxylation is 2. The highest BCUT2D eigenvalue weighted by molar-refractivity contribution is 5.24. The largest absolute Gasteiger partial charge is 0.324 e. The molecule has 2 aromatic rings. The van der Waals surface area contributed by atoms with Gasteiger partial charge in [-0.25, -0.2) is 8.78 Å². The summed E-state index contributed by atoms with van der Waals surface area (Å²) in [7, 11) is 0. The van der Waals surface area contributed by atoms with Crippen LogP contribution < -0.4 is 5.73 Å². The molecule has 1 atom stereocenters. The monoisotopic (exact) mass is 261 g/mol. The lowest BCUT2D eigenvalue weighted by molar-refractivity contribution is 0.567. The Morgan fingerprint density at radius 1 is 1.05 bits per heavy atom. The van der Waals surface area contributed by atoms with Gasteiger partial charge in [0, 0.05) is 12.1 Å². The van der Waals surface area contributed by atoms with Crippen molar-refractivity contribution >= 4 is 0 Å². The molecule has 0 saturated carbocycles. The van der Waals surface area contributed by atoms with Gasteiger partial charge in [0.05, 0.1) is 0 Å². The quantitative estimate of drug-likeness (QED) is 0.887. The van der Waals surface area contributed by atoms with Crippen molar-refractivity contribution in [1.29, 1.82) is 0 Å². The fourth-order valence-electron chi connectivity index (χ4n) is 2.15. The minimum atomic E-state index is -0.582. The second kappa shape index (κ2) is 5.93. The Bertz CT molecular complexity index is 546. The molecule has 2 aromatic carbocycles. The molecule has 0 aromatic heterocycles. The maximum absolute atomic E-state index is 13.1. The van der Waals surface area contributed by atoms with Crippen LogP contribution in [0.2, 0.25) is 0 Å². The molecule has 19 heavy (non-hydrogen) atoms. The lowest BCUT2D eigenvalue weighted by Gasteiger charge is -2.12. The summed E-state index contributed by atoms with van der Waals surface area (Å²) >= 11 is 0. The Kier molecular flexibility index (Phi) is 4.27. The summed E-state index contributed by atoms with van der Waals surface area (Å²) in [4.78, 5) is 0. The van der Waals surface area contributed by atoms with Crippen LogP contribution in [-0.2, 0) is 6.42 Å². The van der Waals surface area contributed by atoms with E-state index in [-0.39, 0.29) is 6.04 Å². The summed E-state index contributed by atoms with van der Waals surface area (Å²) in [6.07, 6.45) is 1.45. The maximum atomic E-state index is 13.1. The Hall–Kier alpha value is -1.74. The molecule has 0 aliphatic rings. The van der Waals surface area contributed by atoms with Crippen LogP contribution >= 0.6 is 0 Å². The third kappa shape index (κ3) is 3.86.